The summed E-state index contributed by atoms with van der Waals surface area (Å²) in [7, 11) is 0. The van der Waals surface area contributed by atoms with Gasteiger partial charge >= 0.3 is 5.82 Å². The quantitative estimate of drug-likeness (QED) is 0.676. The van der Waals surface area contributed by atoms with Crippen LogP contribution in [0.25, 0.3) is 0 Å². The average Bonchev–Trinajstić information content (AvgIpc) is 2.49. The van der Waals surface area contributed by atoms with Gasteiger partial charge in [-0.3, -0.25) is 4.79 Å². The van der Waals surface area contributed by atoms with Crippen LogP contribution in [0.4, 0.5) is 15.9 Å². The van der Waals surface area contributed by atoms with Crippen molar-refractivity contribution < 1.29 is 18.8 Å². The Balaban J connectivity index is 2.09. The zero-order chi connectivity index (χ0) is 16.1. The number of nitro groups is 1. The van der Waals surface area contributed by atoms with Crippen LogP contribution in [-0.4, -0.2) is 21.9 Å². The number of hydrogen-bond acceptors (Lipinski definition) is 5. The summed E-state index contributed by atoms with van der Waals surface area (Å²) in [6.45, 7) is 1.40. The summed E-state index contributed by atoms with van der Waals surface area (Å²) in [5.74, 6) is -1.85. The minimum Gasteiger partial charge on any atom is -0.473 e. The number of amides is 1. The van der Waals surface area contributed by atoms with Crippen molar-refractivity contribution in [2.75, 3.05) is 5.32 Å². The largest absolute Gasteiger partial charge is 0.473 e. The van der Waals surface area contributed by atoms with E-state index < -0.39 is 28.6 Å². The molecule has 8 heteroatoms. The molecule has 0 saturated carbocycles. The highest BCUT2D eigenvalue weighted by molar-refractivity contribution is 5.94. The van der Waals surface area contributed by atoms with E-state index in [0.717, 1.165) is 0 Å². The standard InChI is InChI=1S/C14H12FN3O4/c1-9(14(19)17-11-6-3-2-5-10(11)15)22-12-7-4-8-16-13(12)18(20)21/h2-9H,1H3,(H,17,19)/t9-/m0/s1. The number of hydrogen-bond donors (Lipinski definition) is 1. The number of halogens is 1. The fourth-order valence-electron chi connectivity index (χ4n) is 1.65. The van der Waals surface area contributed by atoms with Crippen molar-refractivity contribution in [2.45, 2.75) is 13.0 Å². The molecule has 114 valence electrons. The number of para-hydroxylation sites is 1. The van der Waals surface area contributed by atoms with E-state index in [9.17, 15) is 19.3 Å². The third-order valence-corrected chi connectivity index (χ3v) is 2.73. The van der Waals surface area contributed by atoms with Crippen LogP contribution < -0.4 is 10.1 Å². The lowest BCUT2D eigenvalue weighted by atomic mass is 10.3. The SMILES string of the molecule is C[C@H](Oc1cccnc1[N+](=O)[O-])C(=O)Nc1ccccc1F. The number of benzene rings is 1. The maximum Gasteiger partial charge on any atom is 0.406 e. The van der Waals surface area contributed by atoms with Gasteiger partial charge in [-0.05, 0) is 41.1 Å². The molecule has 0 bridgehead atoms. The minimum atomic E-state index is -1.07. The fraction of sp³-hybridized carbons (Fsp3) is 0.143. The highest BCUT2D eigenvalue weighted by Crippen LogP contribution is 2.24. The Morgan fingerprint density at radius 1 is 1.36 bits per heavy atom. The average molecular weight is 305 g/mol. The second kappa shape index (κ2) is 6.61. The van der Waals surface area contributed by atoms with Crippen LogP contribution in [0.5, 0.6) is 5.75 Å². The number of carbonyl (C=O) groups is 1. The Hall–Kier alpha value is -3.03. The molecule has 0 aliphatic rings. The Bertz CT molecular complexity index is 708. The van der Waals surface area contributed by atoms with Crippen molar-refractivity contribution in [2.24, 2.45) is 0 Å². The van der Waals surface area contributed by atoms with Gasteiger partial charge in [0.15, 0.2) is 6.10 Å². The second-order valence-corrected chi connectivity index (χ2v) is 4.31. The molecule has 1 N–H and O–H groups in total. The summed E-state index contributed by atoms with van der Waals surface area (Å²) in [5, 5.41) is 13.2. The molecule has 1 aromatic carbocycles. The smallest absolute Gasteiger partial charge is 0.406 e. The molecule has 1 amide bonds. The van der Waals surface area contributed by atoms with Crippen LogP contribution >= 0.6 is 0 Å². The summed E-state index contributed by atoms with van der Waals surface area (Å²) < 4.78 is 18.7. The first-order chi connectivity index (χ1) is 10.5. The maximum absolute atomic E-state index is 13.5. The molecule has 7 nitrogen and oxygen atoms in total. The first-order valence-corrected chi connectivity index (χ1v) is 6.30. The molecule has 0 fully saturated rings. The van der Waals surface area contributed by atoms with Gasteiger partial charge in [0.1, 0.15) is 12.0 Å². The van der Waals surface area contributed by atoms with Gasteiger partial charge in [0, 0.05) is 0 Å². The molecule has 1 heterocycles. The summed E-state index contributed by atoms with van der Waals surface area (Å²) in [6.07, 6.45) is 0.178. The molecule has 0 saturated heterocycles. The lowest BCUT2D eigenvalue weighted by Gasteiger charge is -2.14. The number of carbonyl (C=O) groups excluding carboxylic acids is 1. The predicted octanol–water partition coefficient (Wildman–Crippen LogP) is 2.53. The van der Waals surface area contributed by atoms with E-state index in [2.05, 4.69) is 10.3 Å². The molecule has 0 aliphatic heterocycles. The van der Waals surface area contributed by atoms with Gasteiger partial charge in [-0.25, -0.2) is 4.39 Å². The number of pyridine rings is 1. The van der Waals surface area contributed by atoms with E-state index in [4.69, 9.17) is 4.74 Å². The van der Waals surface area contributed by atoms with E-state index in [-0.39, 0.29) is 11.4 Å². The molecular weight excluding hydrogens is 293 g/mol. The van der Waals surface area contributed by atoms with Gasteiger partial charge in [0.05, 0.1) is 5.69 Å². The zero-order valence-electron chi connectivity index (χ0n) is 11.5. The van der Waals surface area contributed by atoms with Crippen LogP contribution in [0.1, 0.15) is 6.92 Å². The first kappa shape index (κ1) is 15.4. The van der Waals surface area contributed by atoms with Gasteiger partial charge in [-0.2, -0.15) is 0 Å². The van der Waals surface area contributed by atoms with Crippen molar-refractivity contribution in [3.05, 3.63) is 58.5 Å². The number of aromatic nitrogens is 1. The Morgan fingerprint density at radius 3 is 2.77 bits per heavy atom. The third kappa shape index (κ3) is 3.54. The Kier molecular flexibility index (Phi) is 4.62. The molecule has 0 spiro atoms. The van der Waals surface area contributed by atoms with E-state index in [0.29, 0.717) is 0 Å². The maximum atomic E-state index is 13.5. The molecule has 1 aromatic heterocycles. The van der Waals surface area contributed by atoms with Crippen LogP contribution in [0.15, 0.2) is 42.6 Å². The van der Waals surface area contributed by atoms with Gasteiger partial charge in [-0.15, -0.1) is 0 Å². The number of nitrogens with zero attached hydrogens (tertiary/aromatic N) is 2. The van der Waals surface area contributed by atoms with Crippen LogP contribution in [0.3, 0.4) is 0 Å². The lowest BCUT2D eigenvalue weighted by Crippen LogP contribution is -2.30. The van der Waals surface area contributed by atoms with Crippen molar-refractivity contribution in [3.63, 3.8) is 0 Å². The molecule has 22 heavy (non-hydrogen) atoms. The zero-order valence-corrected chi connectivity index (χ0v) is 11.5. The fourth-order valence-corrected chi connectivity index (χ4v) is 1.65. The highest BCUT2D eigenvalue weighted by Gasteiger charge is 2.22. The normalized spacial score (nSPS) is 11.5. The Labute approximate surface area is 124 Å². The molecule has 1 atom stereocenters. The highest BCUT2D eigenvalue weighted by atomic mass is 19.1. The predicted molar refractivity (Wildman–Crippen MR) is 76.0 cm³/mol. The van der Waals surface area contributed by atoms with E-state index >= 15 is 0 Å². The van der Waals surface area contributed by atoms with Crippen LogP contribution in [-0.2, 0) is 4.79 Å². The van der Waals surface area contributed by atoms with Gasteiger partial charge in [0.2, 0.25) is 5.75 Å². The molecule has 2 rings (SSSR count). The Morgan fingerprint density at radius 2 is 2.09 bits per heavy atom. The molecule has 0 aliphatic carbocycles. The molecular formula is C14H12FN3O4. The van der Waals surface area contributed by atoms with Gasteiger partial charge < -0.3 is 20.2 Å². The lowest BCUT2D eigenvalue weighted by molar-refractivity contribution is -0.390. The van der Waals surface area contributed by atoms with Crippen molar-refractivity contribution in [3.8, 4) is 5.75 Å². The van der Waals surface area contributed by atoms with Crippen molar-refractivity contribution in [1.82, 2.24) is 4.98 Å². The topological polar surface area (TPSA) is 94.4 Å². The first-order valence-electron chi connectivity index (χ1n) is 6.30. The summed E-state index contributed by atoms with van der Waals surface area (Å²) in [6, 6.07) is 8.43. The van der Waals surface area contributed by atoms with E-state index in [1.807, 2.05) is 0 Å². The third-order valence-electron chi connectivity index (χ3n) is 2.73. The monoisotopic (exact) mass is 305 g/mol. The molecule has 0 unspecified atom stereocenters. The number of rotatable bonds is 5. The molecule has 2 aromatic rings. The van der Waals surface area contributed by atoms with Crippen LogP contribution in [0.2, 0.25) is 0 Å². The van der Waals surface area contributed by atoms with Gasteiger partial charge in [-0.1, -0.05) is 12.1 Å². The van der Waals surface area contributed by atoms with Crippen LogP contribution in [0, 0.1) is 15.9 Å². The van der Waals surface area contributed by atoms with Crippen molar-refractivity contribution in [1.29, 1.82) is 0 Å². The van der Waals surface area contributed by atoms with E-state index in [1.54, 1.807) is 6.07 Å². The summed E-state index contributed by atoms with van der Waals surface area (Å²) >= 11 is 0. The minimum absolute atomic E-state index is 0.00337. The summed E-state index contributed by atoms with van der Waals surface area (Å²) in [5.41, 5.74) is 0.00337. The number of ether oxygens (including phenoxy) is 1. The number of nitrogens with one attached hydrogen (secondary N) is 1. The second-order valence-electron chi connectivity index (χ2n) is 4.31. The summed E-state index contributed by atoms with van der Waals surface area (Å²) in [4.78, 5) is 25.6. The van der Waals surface area contributed by atoms with E-state index in [1.165, 1.54) is 43.5 Å². The molecule has 0 radical (unpaired) electrons. The number of anilines is 1. The van der Waals surface area contributed by atoms with Gasteiger partial charge in [0.25, 0.3) is 5.91 Å². The van der Waals surface area contributed by atoms with Crippen molar-refractivity contribution >= 4 is 17.4 Å².